The van der Waals surface area contributed by atoms with Crippen LogP contribution >= 0.6 is 0 Å². The fourth-order valence-corrected chi connectivity index (χ4v) is 3.79. The fraction of sp³-hybridized carbons (Fsp3) is 0.120. The molecule has 0 bridgehead atoms. The molecule has 0 aliphatic heterocycles. The van der Waals surface area contributed by atoms with Gasteiger partial charge in [-0.15, -0.1) is 0 Å². The molecule has 5 rings (SSSR count). The van der Waals surface area contributed by atoms with E-state index < -0.39 is 17.6 Å². The Bertz CT molecular complexity index is 1630. The quantitative estimate of drug-likeness (QED) is 0.291. The number of imidazole rings is 1. The molecule has 9 nitrogen and oxygen atoms in total. The number of halogens is 3. The molecule has 0 spiro atoms. The SMILES string of the molecule is Cc1ccc(NC(=O)c2cc(C(F)(F)F)ccn2)cc1Nc1nccc(C)c1-c1ncnc2nc[nH]c12. The summed E-state index contributed by atoms with van der Waals surface area (Å²) in [5.74, 6) is -0.251. The average Bonchev–Trinajstić information content (AvgIpc) is 3.35. The van der Waals surface area contributed by atoms with Crippen LogP contribution in [0.25, 0.3) is 22.4 Å². The van der Waals surface area contributed by atoms with Crippen molar-refractivity contribution in [2.75, 3.05) is 10.6 Å². The number of fused-ring (bicyclic) bond motifs is 1. The highest BCUT2D eigenvalue weighted by atomic mass is 19.4. The standard InChI is InChI=1S/C25H19F3N8O/c1-13-3-4-16(35-24(37)18-9-15(6-8-29-18)25(26,27)28)10-17(13)36-22-19(14(2)5-7-30-22)20-21-23(33-11-31-20)34-12-32-21/h3-12H,1-2H3,(H,30,36)(H,35,37)(H,31,32,33,34). The van der Waals surface area contributed by atoms with E-state index in [4.69, 9.17) is 0 Å². The van der Waals surface area contributed by atoms with Gasteiger partial charge in [0, 0.05) is 29.3 Å². The summed E-state index contributed by atoms with van der Waals surface area (Å²) in [6, 6.07) is 8.46. The first kappa shape index (κ1) is 23.9. The number of pyridine rings is 2. The molecule has 186 valence electrons. The third-order valence-electron chi connectivity index (χ3n) is 5.69. The number of alkyl halides is 3. The van der Waals surface area contributed by atoms with Crippen LogP contribution in [-0.4, -0.2) is 35.8 Å². The summed E-state index contributed by atoms with van der Waals surface area (Å²) >= 11 is 0. The fourth-order valence-electron chi connectivity index (χ4n) is 3.79. The summed E-state index contributed by atoms with van der Waals surface area (Å²) in [7, 11) is 0. The van der Waals surface area contributed by atoms with E-state index >= 15 is 0 Å². The molecule has 1 amide bonds. The largest absolute Gasteiger partial charge is 0.416 e. The lowest BCUT2D eigenvalue weighted by Gasteiger charge is -2.16. The lowest BCUT2D eigenvalue weighted by molar-refractivity contribution is -0.137. The minimum atomic E-state index is -4.58. The summed E-state index contributed by atoms with van der Waals surface area (Å²) in [5.41, 5.74) is 3.98. The van der Waals surface area contributed by atoms with Gasteiger partial charge >= 0.3 is 6.18 Å². The molecule has 0 aliphatic carbocycles. The molecule has 0 atom stereocenters. The van der Waals surface area contributed by atoms with Crippen LogP contribution in [0.1, 0.15) is 27.2 Å². The van der Waals surface area contributed by atoms with Gasteiger partial charge in [-0.3, -0.25) is 9.78 Å². The van der Waals surface area contributed by atoms with E-state index in [1.54, 1.807) is 24.4 Å². The van der Waals surface area contributed by atoms with Crippen LogP contribution in [0.3, 0.4) is 0 Å². The lowest BCUT2D eigenvalue weighted by Crippen LogP contribution is -2.16. The van der Waals surface area contributed by atoms with Crippen molar-refractivity contribution in [3.8, 4) is 11.3 Å². The molecule has 0 fully saturated rings. The maximum absolute atomic E-state index is 13.0. The number of carbonyl (C=O) groups is 1. The van der Waals surface area contributed by atoms with Crippen LogP contribution in [0, 0.1) is 13.8 Å². The van der Waals surface area contributed by atoms with Gasteiger partial charge in [-0.1, -0.05) is 6.07 Å². The number of anilines is 3. The number of benzene rings is 1. The van der Waals surface area contributed by atoms with Gasteiger partial charge < -0.3 is 15.6 Å². The van der Waals surface area contributed by atoms with Crippen molar-refractivity contribution in [2.24, 2.45) is 0 Å². The maximum atomic E-state index is 13.0. The third kappa shape index (κ3) is 4.81. The number of nitrogens with zero attached hydrogens (tertiary/aromatic N) is 5. The Morgan fingerprint density at radius 2 is 1.73 bits per heavy atom. The van der Waals surface area contributed by atoms with Crippen LogP contribution in [-0.2, 0) is 6.18 Å². The van der Waals surface area contributed by atoms with E-state index in [1.165, 1.54) is 12.7 Å². The maximum Gasteiger partial charge on any atom is 0.416 e. The predicted molar refractivity (Wildman–Crippen MR) is 131 cm³/mol. The van der Waals surface area contributed by atoms with E-state index in [0.29, 0.717) is 40.1 Å². The highest BCUT2D eigenvalue weighted by molar-refractivity contribution is 6.03. The van der Waals surface area contributed by atoms with Gasteiger partial charge in [0.2, 0.25) is 0 Å². The van der Waals surface area contributed by atoms with Crippen molar-refractivity contribution < 1.29 is 18.0 Å². The Morgan fingerprint density at radius 1 is 0.919 bits per heavy atom. The summed E-state index contributed by atoms with van der Waals surface area (Å²) < 4.78 is 39.1. The predicted octanol–water partition coefficient (Wildman–Crippen LogP) is 5.44. The first-order valence-corrected chi connectivity index (χ1v) is 11.0. The minimum Gasteiger partial charge on any atom is -0.341 e. The van der Waals surface area contributed by atoms with E-state index in [0.717, 1.165) is 29.0 Å². The normalized spacial score (nSPS) is 11.5. The number of H-pyrrole nitrogens is 1. The van der Waals surface area contributed by atoms with Crippen LogP contribution in [0.4, 0.5) is 30.4 Å². The molecule has 12 heteroatoms. The van der Waals surface area contributed by atoms with E-state index in [2.05, 4.69) is 40.5 Å². The number of carbonyl (C=O) groups excluding carboxylic acids is 1. The lowest BCUT2D eigenvalue weighted by atomic mass is 10.1. The zero-order valence-corrected chi connectivity index (χ0v) is 19.6. The second kappa shape index (κ2) is 9.30. The van der Waals surface area contributed by atoms with Gasteiger partial charge in [0.1, 0.15) is 29.0 Å². The molecule has 1 aromatic carbocycles. The molecule has 0 radical (unpaired) electrons. The zero-order valence-electron chi connectivity index (χ0n) is 19.6. The first-order chi connectivity index (χ1) is 17.7. The number of aromatic amines is 1. The summed E-state index contributed by atoms with van der Waals surface area (Å²) in [5, 5.41) is 5.90. The Morgan fingerprint density at radius 3 is 2.54 bits per heavy atom. The number of aryl methyl sites for hydroxylation is 2. The molecule has 0 saturated carbocycles. The Kier molecular flexibility index (Phi) is 5.99. The first-order valence-electron chi connectivity index (χ1n) is 11.0. The van der Waals surface area contributed by atoms with Crippen molar-refractivity contribution in [1.82, 2.24) is 29.9 Å². The van der Waals surface area contributed by atoms with Gasteiger partial charge in [-0.2, -0.15) is 13.2 Å². The van der Waals surface area contributed by atoms with Crippen LogP contribution in [0.15, 0.2) is 61.4 Å². The molecule has 4 aromatic heterocycles. The number of rotatable bonds is 5. The van der Waals surface area contributed by atoms with Gasteiger partial charge in [-0.25, -0.2) is 19.9 Å². The van der Waals surface area contributed by atoms with E-state index in [-0.39, 0.29) is 5.69 Å². The summed E-state index contributed by atoms with van der Waals surface area (Å²) in [4.78, 5) is 36.8. The second-order valence-electron chi connectivity index (χ2n) is 8.21. The van der Waals surface area contributed by atoms with Gasteiger partial charge in [-0.05, 0) is 55.3 Å². The molecular formula is C25H19F3N8O. The average molecular weight is 504 g/mol. The molecule has 37 heavy (non-hydrogen) atoms. The van der Waals surface area contributed by atoms with Crippen molar-refractivity contribution in [3.05, 3.63) is 83.8 Å². The summed E-state index contributed by atoms with van der Waals surface area (Å²) in [6.07, 6.45) is 0.999. The van der Waals surface area contributed by atoms with E-state index in [1.807, 2.05) is 19.9 Å². The van der Waals surface area contributed by atoms with Crippen molar-refractivity contribution in [2.45, 2.75) is 20.0 Å². The van der Waals surface area contributed by atoms with Crippen LogP contribution < -0.4 is 10.6 Å². The van der Waals surface area contributed by atoms with Crippen molar-refractivity contribution in [1.29, 1.82) is 0 Å². The number of aromatic nitrogens is 6. The Labute approximate surface area is 208 Å². The third-order valence-corrected chi connectivity index (χ3v) is 5.69. The van der Waals surface area contributed by atoms with Gasteiger partial charge in [0.15, 0.2) is 5.65 Å². The Hall–Kier alpha value is -4.87. The molecule has 4 heterocycles. The Balaban J connectivity index is 1.46. The summed E-state index contributed by atoms with van der Waals surface area (Å²) in [6.45, 7) is 3.80. The van der Waals surface area contributed by atoms with Crippen molar-refractivity contribution in [3.63, 3.8) is 0 Å². The monoisotopic (exact) mass is 504 g/mol. The van der Waals surface area contributed by atoms with Crippen LogP contribution in [0.2, 0.25) is 0 Å². The highest BCUT2D eigenvalue weighted by Gasteiger charge is 2.31. The molecule has 0 unspecified atom stereocenters. The molecule has 0 aliphatic rings. The second-order valence-corrected chi connectivity index (χ2v) is 8.21. The number of hydrogen-bond donors (Lipinski definition) is 3. The number of nitrogens with one attached hydrogen (secondary N) is 3. The highest BCUT2D eigenvalue weighted by Crippen LogP contribution is 2.34. The zero-order chi connectivity index (χ0) is 26.2. The molecule has 3 N–H and O–H groups in total. The number of amides is 1. The van der Waals surface area contributed by atoms with Gasteiger partial charge in [0.25, 0.3) is 5.91 Å². The molecular weight excluding hydrogens is 485 g/mol. The van der Waals surface area contributed by atoms with E-state index in [9.17, 15) is 18.0 Å². The minimum absolute atomic E-state index is 0.347. The van der Waals surface area contributed by atoms with Gasteiger partial charge in [0.05, 0.1) is 11.9 Å². The number of hydrogen-bond acceptors (Lipinski definition) is 7. The molecule has 5 aromatic rings. The van der Waals surface area contributed by atoms with Crippen LogP contribution in [0.5, 0.6) is 0 Å². The molecule has 0 saturated heterocycles. The smallest absolute Gasteiger partial charge is 0.341 e. The van der Waals surface area contributed by atoms with Crippen molar-refractivity contribution >= 4 is 34.3 Å². The topological polar surface area (TPSA) is 121 Å².